The number of hydrogen-bond acceptors (Lipinski definition) is 6. The zero-order valence-electron chi connectivity index (χ0n) is 13.7. The molecule has 3 rings (SSSR count). The second-order valence-corrected chi connectivity index (χ2v) is 5.76. The molecule has 6 nitrogen and oxygen atoms in total. The molecule has 6 heteroatoms. The Bertz CT molecular complexity index is 772. The number of nitrogens with two attached hydrogens (primary N) is 1. The van der Waals surface area contributed by atoms with E-state index in [1.54, 1.807) is 6.20 Å². The van der Waals surface area contributed by atoms with Gasteiger partial charge in [0.05, 0.1) is 18.8 Å². The van der Waals surface area contributed by atoms with E-state index in [1.165, 1.54) is 11.1 Å². The zero-order valence-corrected chi connectivity index (χ0v) is 13.7. The molecule has 0 saturated carbocycles. The standard InChI is InChI=1S/C18H21N5O/c1-14-5-4-6-15(9-14)11-23(12-16-7-2-3-8-20-16)13-17-21-18(10-19)24-22-17/h2-9H,10-13,19H2,1H3. The molecule has 0 saturated heterocycles. The summed E-state index contributed by atoms with van der Waals surface area (Å²) in [5.74, 6) is 1.09. The van der Waals surface area contributed by atoms with Crippen LogP contribution in [0.5, 0.6) is 0 Å². The van der Waals surface area contributed by atoms with Crippen LogP contribution in [0.1, 0.15) is 28.5 Å². The summed E-state index contributed by atoms with van der Waals surface area (Å²) < 4.78 is 5.11. The molecule has 0 fully saturated rings. The molecule has 0 spiro atoms. The van der Waals surface area contributed by atoms with E-state index in [4.69, 9.17) is 10.3 Å². The van der Waals surface area contributed by atoms with Crippen LogP contribution in [-0.4, -0.2) is 20.0 Å². The van der Waals surface area contributed by atoms with Crippen molar-refractivity contribution in [1.29, 1.82) is 0 Å². The molecule has 3 aromatic rings. The van der Waals surface area contributed by atoms with E-state index in [-0.39, 0.29) is 6.54 Å². The van der Waals surface area contributed by atoms with Gasteiger partial charge in [-0.1, -0.05) is 41.1 Å². The van der Waals surface area contributed by atoms with Gasteiger partial charge in [-0.15, -0.1) is 0 Å². The number of pyridine rings is 1. The summed E-state index contributed by atoms with van der Waals surface area (Å²) in [4.78, 5) is 11.0. The number of nitrogens with zero attached hydrogens (tertiary/aromatic N) is 4. The Hall–Kier alpha value is -2.57. The predicted molar refractivity (Wildman–Crippen MR) is 90.6 cm³/mol. The van der Waals surface area contributed by atoms with Crippen LogP contribution in [0.15, 0.2) is 53.2 Å². The quantitative estimate of drug-likeness (QED) is 0.719. The highest BCUT2D eigenvalue weighted by molar-refractivity contribution is 5.22. The summed E-state index contributed by atoms with van der Waals surface area (Å²) in [6.07, 6.45) is 1.81. The molecule has 2 heterocycles. The Morgan fingerprint density at radius 3 is 2.71 bits per heavy atom. The van der Waals surface area contributed by atoms with Crippen LogP contribution in [-0.2, 0) is 26.2 Å². The molecule has 0 aliphatic heterocycles. The maximum atomic E-state index is 5.54. The van der Waals surface area contributed by atoms with Crippen LogP contribution < -0.4 is 5.73 Å². The highest BCUT2D eigenvalue weighted by Gasteiger charge is 2.13. The third kappa shape index (κ3) is 4.47. The third-order valence-electron chi connectivity index (χ3n) is 3.65. The van der Waals surface area contributed by atoms with Gasteiger partial charge >= 0.3 is 0 Å². The Morgan fingerprint density at radius 2 is 2.00 bits per heavy atom. The van der Waals surface area contributed by atoms with Gasteiger partial charge in [0.25, 0.3) is 0 Å². The topological polar surface area (TPSA) is 81.1 Å². The first-order chi connectivity index (χ1) is 11.7. The van der Waals surface area contributed by atoms with Gasteiger partial charge in [0.2, 0.25) is 5.89 Å². The first kappa shape index (κ1) is 16.3. The van der Waals surface area contributed by atoms with Crippen LogP contribution in [0.25, 0.3) is 0 Å². The fourth-order valence-corrected chi connectivity index (χ4v) is 2.59. The molecule has 2 N–H and O–H groups in total. The summed E-state index contributed by atoms with van der Waals surface area (Å²) in [6, 6.07) is 14.4. The van der Waals surface area contributed by atoms with E-state index in [2.05, 4.69) is 51.2 Å². The van der Waals surface area contributed by atoms with Crippen molar-refractivity contribution < 1.29 is 4.52 Å². The van der Waals surface area contributed by atoms with Gasteiger partial charge in [-0.2, -0.15) is 4.98 Å². The maximum absolute atomic E-state index is 5.54. The summed E-state index contributed by atoms with van der Waals surface area (Å²) in [7, 11) is 0. The lowest BCUT2D eigenvalue weighted by Gasteiger charge is -2.20. The first-order valence-electron chi connectivity index (χ1n) is 7.92. The highest BCUT2D eigenvalue weighted by atomic mass is 16.5. The van der Waals surface area contributed by atoms with Crippen LogP contribution in [0.4, 0.5) is 0 Å². The minimum atomic E-state index is 0.255. The Kier molecular flexibility index (Phi) is 5.30. The summed E-state index contributed by atoms with van der Waals surface area (Å²) >= 11 is 0. The average molecular weight is 323 g/mol. The van der Waals surface area contributed by atoms with Gasteiger partial charge in [-0.3, -0.25) is 9.88 Å². The van der Waals surface area contributed by atoms with E-state index in [0.29, 0.717) is 24.8 Å². The molecule has 24 heavy (non-hydrogen) atoms. The highest BCUT2D eigenvalue weighted by Crippen LogP contribution is 2.13. The van der Waals surface area contributed by atoms with Crippen molar-refractivity contribution in [3.8, 4) is 0 Å². The Balaban J connectivity index is 1.77. The fourth-order valence-electron chi connectivity index (χ4n) is 2.59. The second-order valence-electron chi connectivity index (χ2n) is 5.76. The van der Waals surface area contributed by atoms with Crippen molar-refractivity contribution >= 4 is 0 Å². The van der Waals surface area contributed by atoms with Crippen molar-refractivity contribution in [2.75, 3.05) is 0 Å². The Labute approximate surface area is 141 Å². The molecule has 1 aromatic carbocycles. The number of hydrogen-bond donors (Lipinski definition) is 1. The summed E-state index contributed by atoms with van der Waals surface area (Å²) in [5, 5.41) is 4.00. The lowest BCUT2D eigenvalue weighted by Crippen LogP contribution is -2.23. The van der Waals surface area contributed by atoms with Crippen molar-refractivity contribution in [3.63, 3.8) is 0 Å². The second kappa shape index (κ2) is 7.81. The van der Waals surface area contributed by atoms with E-state index < -0.39 is 0 Å². The lowest BCUT2D eigenvalue weighted by molar-refractivity contribution is 0.234. The van der Waals surface area contributed by atoms with Crippen molar-refractivity contribution in [2.45, 2.75) is 33.1 Å². The van der Waals surface area contributed by atoms with Gasteiger partial charge in [0.1, 0.15) is 0 Å². The molecule has 0 atom stereocenters. The van der Waals surface area contributed by atoms with E-state index in [1.807, 2.05) is 18.2 Å². The molecule has 0 radical (unpaired) electrons. The molecule has 0 aliphatic carbocycles. The molecule has 0 unspecified atom stereocenters. The lowest BCUT2D eigenvalue weighted by atomic mass is 10.1. The average Bonchev–Trinajstić information content (AvgIpc) is 3.03. The largest absolute Gasteiger partial charge is 0.338 e. The number of benzene rings is 1. The first-order valence-corrected chi connectivity index (χ1v) is 7.92. The van der Waals surface area contributed by atoms with E-state index in [0.717, 1.165) is 12.2 Å². The smallest absolute Gasteiger partial charge is 0.240 e. The van der Waals surface area contributed by atoms with Gasteiger partial charge < -0.3 is 10.3 Å². The number of aromatic nitrogens is 3. The van der Waals surface area contributed by atoms with E-state index in [9.17, 15) is 0 Å². The molecular formula is C18H21N5O. The van der Waals surface area contributed by atoms with Crippen LogP contribution in [0.3, 0.4) is 0 Å². The Morgan fingerprint density at radius 1 is 1.08 bits per heavy atom. The van der Waals surface area contributed by atoms with Gasteiger partial charge in [-0.25, -0.2) is 0 Å². The summed E-state index contributed by atoms with van der Waals surface area (Å²) in [6.45, 7) is 4.42. The zero-order chi connectivity index (χ0) is 16.8. The monoisotopic (exact) mass is 323 g/mol. The van der Waals surface area contributed by atoms with E-state index >= 15 is 0 Å². The van der Waals surface area contributed by atoms with Crippen LogP contribution in [0, 0.1) is 6.92 Å². The third-order valence-corrected chi connectivity index (χ3v) is 3.65. The van der Waals surface area contributed by atoms with Gasteiger partial charge in [0, 0.05) is 19.3 Å². The molecule has 2 aromatic heterocycles. The van der Waals surface area contributed by atoms with Crippen LogP contribution >= 0.6 is 0 Å². The van der Waals surface area contributed by atoms with Crippen molar-refractivity contribution in [3.05, 3.63) is 77.2 Å². The molecule has 0 amide bonds. The van der Waals surface area contributed by atoms with Crippen molar-refractivity contribution in [1.82, 2.24) is 20.0 Å². The van der Waals surface area contributed by atoms with Crippen LogP contribution in [0.2, 0.25) is 0 Å². The fraction of sp³-hybridized carbons (Fsp3) is 0.278. The normalized spacial score (nSPS) is 11.1. The predicted octanol–water partition coefficient (Wildman–Crippen LogP) is 2.43. The van der Waals surface area contributed by atoms with Gasteiger partial charge in [-0.05, 0) is 24.6 Å². The summed E-state index contributed by atoms with van der Waals surface area (Å²) in [5.41, 5.74) is 9.03. The minimum Gasteiger partial charge on any atom is -0.338 e. The SMILES string of the molecule is Cc1cccc(CN(Cc2ccccn2)Cc2noc(CN)n2)c1. The molecule has 0 aliphatic rings. The number of aryl methyl sites for hydroxylation is 1. The maximum Gasteiger partial charge on any atom is 0.240 e. The minimum absolute atomic E-state index is 0.255. The molecule has 0 bridgehead atoms. The van der Waals surface area contributed by atoms with Gasteiger partial charge in [0.15, 0.2) is 5.82 Å². The molecule has 124 valence electrons. The number of rotatable bonds is 7. The molecular weight excluding hydrogens is 302 g/mol. The van der Waals surface area contributed by atoms with Crippen molar-refractivity contribution in [2.24, 2.45) is 5.73 Å².